The van der Waals surface area contributed by atoms with Crippen molar-refractivity contribution in [2.24, 2.45) is 0 Å². The molecule has 3 aromatic heterocycles. The number of aromatic nitrogens is 5. The van der Waals surface area contributed by atoms with E-state index in [-0.39, 0.29) is 17.5 Å². The lowest BCUT2D eigenvalue weighted by Gasteiger charge is -2.10. The standard InChI is InChI=1S/C25H17FN6OS2/c26-15-9-11-16(12-10-15)32-23(18-13-27-19-6-2-1-5-17(18)19)30-31-25(32)34-14-22(33)29-24-28-20-7-3-4-8-21(20)35-24/h1-13,27H,14H2,(H,28,29,33). The van der Waals surface area contributed by atoms with E-state index in [2.05, 4.69) is 25.5 Å². The molecule has 0 aliphatic heterocycles. The Morgan fingerprint density at radius 3 is 2.69 bits per heavy atom. The molecule has 2 N–H and O–H groups in total. The fourth-order valence-electron chi connectivity index (χ4n) is 3.83. The summed E-state index contributed by atoms with van der Waals surface area (Å²) in [6.07, 6.45) is 1.88. The van der Waals surface area contributed by atoms with E-state index in [1.165, 1.54) is 35.2 Å². The highest BCUT2D eigenvalue weighted by Crippen LogP contribution is 2.33. The maximum Gasteiger partial charge on any atom is 0.236 e. The van der Waals surface area contributed by atoms with E-state index in [0.717, 1.165) is 26.7 Å². The number of thiazole rings is 1. The lowest BCUT2D eigenvalue weighted by Crippen LogP contribution is -2.14. The number of aromatic amines is 1. The number of hydrogen-bond acceptors (Lipinski definition) is 6. The zero-order chi connectivity index (χ0) is 23.8. The Morgan fingerprint density at radius 1 is 1.03 bits per heavy atom. The first kappa shape index (κ1) is 21.5. The van der Waals surface area contributed by atoms with Crippen molar-refractivity contribution in [3.05, 3.63) is 84.8 Å². The number of anilines is 1. The van der Waals surface area contributed by atoms with Crippen molar-refractivity contribution in [2.45, 2.75) is 5.16 Å². The average Bonchev–Trinajstić information content (AvgIpc) is 3.59. The van der Waals surface area contributed by atoms with Crippen LogP contribution in [0.25, 0.3) is 38.2 Å². The third-order valence-electron chi connectivity index (χ3n) is 5.42. The van der Waals surface area contributed by atoms with Gasteiger partial charge in [-0.25, -0.2) is 9.37 Å². The van der Waals surface area contributed by atoms with Crippen molar-refractivity contribution >= 4 is 55.3 Å². The van der Waals surface area contributed by atoms with Crippen LogP contribution in [-0.4, -0.2) is 36.4 Å². The second kappa shape index (κ2) is 8.97. The quantitative estimate of drug-likeness (QED) is 0.278. The largest absolute Gasteiger partial charge is 0.360 e. The maximum atomic E-state index is 13.6. The number of amides is 1. The Labute approximate surface area is 207 Å². The Hall–Kier alpha value is -4.02. The number of benzene rings is 3. The molecule has 0 aliphatic rings. The number of fused-ring (bicyclic) bond motifs is 2. The number of para-hydroxylation sites is 2. The predicted molar refractivity (Wildman–Crippen MR) is 138 cm³/mol. The topological polar surface area (TPSA) is 88.5 Å². The van der Waals surface area contributed by atoms with Crippen molar-refractivity contribution in [3.8, 4) is 17.1 Å². The summed E-state index contributed by atoms with van der Waals surface area (Å²) in [4.78, 5) is 20.4. The van der Waals surface area contributed by atoms with Gasteiger partial charge in [0.05, 0.1) is 16.0 Å². The van der Waals surface area contributed by atoms with Crippen LogP contribution in [0.15, 0.2) is 84.1 Å². The maximum absolute atomic E-state index is 13.6. The van der Waals surface area contributed by atoms with Gasteiger partial charge in [0.25, 0.3) is 0 Å². The van der Waals surface area contributed by atoms with Gasteiger partial charge in [-0.2, -0.15) is 0 Å². The van der Waals surface area contributed by atoms with Gasteiger partial charge >= 0.3 is 0 Å². The van der Waals surface area contributed by atoms with Crippen LogP contribution >= 0.6 is 23.1 Å². The van der Waals surface area contributed by atoms with Gasteiger partial charge in [0.15, 0.2) is 16.1 Å². The van der Waals surface area contributed by atoms with Crippen molar-refractivity contribution in [2.75, 3.05) is 11.1 Å². The van der Waals surface area contributed by atoms with Gasteiger partial charge in [0.2, 0.25) is 5.91 Å². The van der Waals surface area contributed by atoms with Crippen LogP contribution < -0.4 is 5.32 Å². The van der Waals surface area contributed by atoms with E-state index in [4.69, 9.17) is 0 Å². The van der Waals surface area contributed by atoms with E-state index < -0.39 is 0 Å². The van der Waals surface area contributed by atoms with Crippen LogP contribution in [-0.2, 0) is 4.79 Å². The molecule has 35 heavy (non-hydrogen) atoms. The van der Waals surface area contributed by atoms with Gasteiger partial charge in [-0.05, 0) is 42.5 Å². The SMILES string of the molecule is O=C(CSc1nnc(-c2c[nH]c3ccccc23)n1-c1ccc(F)cc1)Nc1nc2ccccc2s1. The first-order chi connectivity index (χ1) is 17.2. The minimum Gasteiger partial charge on any atom is -0.360 e. The third kappa shape index (κ3) is 4.17. The summed E-state index contributed by atoms with van der Waals surface area (Å²) in [6.45, 7) is 0. The van der Waals surface area contributed by atoms with Gasteiger partial charge in [0, 0.05) is 28.4 Å². The van der Waals surface area contributed by atoms with Crippen molar-refractivity contribution in [1.29, 1.82) is 0 Å². The molecule has 0 saturated carbocycles. The van der Waals surface area contributed by atoms with Gasteiger partial charge in [-0.3, -0.25) is 9.36 Å². The van der Waals surface area contributed by atoms with Crippen LogP contribution in [0, 0.1) is 5.82 Å². The molecule has 0 fully saturated rings. The molecular weight excluding hydrogens is 483 g/mol. The molecule has 0 spiro atoms. The van der Waals surface area contributed by atoms with Crippen molar-refractivity contribution < 1.29 is 9.18 Å². The Morgan fingerprint density at radius 2 is 1.83 bits per heavy atom. The van der Waals surface area contributed by atoms with Gasteiger partial charge in [-0.15, -0.1) is 10.2 Å². The summed E-state index contributed by atoms with van der Waals surface area (Å²) >= 11 is 2.68. The van der Waals surface area contributed by atoms with Crippen LogP contribution in [0.2, 0.25) is 0 Å². The lowest BCUT2D eigenvalue weighted by molar-refractivity contribution is -0.113. The zero-order valence-electron chi connectivity index (χ0n) is 18.1. The fraction of sp³-hybridized carbons (Fsp3) is 0.0400. The molecule has 10 heteroatoms. The Bertz CT molecular complexity index is 1640. The molecule has 0 atom stereocenters. The molecule has 7 nitrogen and oxygen atoms in total. The highest BCUT2D eigenvalue weighted by atomic mass is 32.2. The molecule has 1 amide bonds. The third-order valence-corrected chi connectivity index (χ3v) is 7.30. The van der Waals surface area contributed by atoms with E-state index in [1.54, 1.807) is 12.1 Å². The normalized spacial score (nSPS) is 11.3. The number of thioether (sulfide) groups is 1. The molecule has 6 aromatic rings. The van der Waals surface area contributed by atoms with Gasteiger partial charge in [0.1, 0.15) is 5.82 Å². The monoisotopic (exact) mass is 500 g/mol. The van der Waals surface area contributed by atoms with E-state index >= 15 is 0 Å². The van der Waals surface area contributed by atoms with E-state index in [1.807, 2.05) is 59.3 Å². The van der Waals surface area contributed by atoms with E-state index in [0.29, 0.717) is 21.8 Å². The zero-order valence-corrected chi connectivity index (χ0v) is 19.7. The molecule has 6 rings (SSSR count). The van der Waals surface area contributed by atoms with Crippen molar-refractivity contribution in [3.63, 3.8) is 0 Å². The summed E-state index contributed by atoms with van der Waals surface area (Å²) in [5.74, 6) is 0.183. The summed E-state index contributed by atoms with van der Waals surface area (Å²) in [5, 5.41) is 13.7. The van der Waals surface area contributed by atoms with Gasteiger partial charge < -0.3 is 10.3 Å². The smallest absolute Gasteiger partial charge is 0.236 e. The van der Waals surface area contributed by atoms with Crippen LogP contribution in [0.3, 0.4) is 0 Å². The number of carbonyl (C=O) groups excluding carboxylic acids is 1. The number of halogens is 1. The molecule has 0 bridgehead atoms. The Kier molecular flexibility index (Phi) is 5.51. The summed E-state index contributed by atoms with van der Waals surface area (Å²) in [6, 6.07) is 21.8. The molecule has 0 radical (unpaired) electrons. The second-order valence-corrected chi connectivity index (χ2v) is 9.66. The number of H-pyrrole nitrogens is 1. The summed E-state index contributed by atoms with van der Waals surface area (Å²) in [5.41, 5.74) is 3.38. The number of carbonyl (C=O) groups is 1. The first-order valence-corrected chi connectivity index (χ1v) is 12.5. The van der Waals surface area contributed by atoms with Crippen molar-refractivity contribution in [1.82, 2.24) is 24.7 Å². The molecule has 3 heterocycles. The number of nitrogens with one attached hydrogen (secondary N) is 2. The number of hydrogen-bond donors (Lipinski definition) is 2. The van der Waals surface area contributed by atoms with Crippen LogP contribution in [0.5, 0.6) is 0 Å². The molecule has 0 unspecified atom stereocenters. The molecule has 172 valence electrons. The van der Waals surface area contributed by atoms with E-state index in [9.17, 15) is 9.18 Å². The lowest BCUT2D eigenvalue weighted by atomic mass is 10.1. The summed E-state index contributed by atoms with van der Waals surface area (Å²) in [7, 11) is 0. The summed E-state index contributed by atoms with van der Waals surface area (Å²) < 4.78 is 16.5. The Balaban J connectivity index is 1.30. The number of nitrogens with zero attached hydrogens (tertiary/aromatic N) is 4. The first-order valence-electron chi connectivity index (χ1n) is 10.7. The number of rotatable bonds is 6. The minimum atomic E-state index is -0.333. The molecule has 0 saturated heterocycles. The minimum absolute atomic E-state index is 0.114. The molecule has 0 aliphatic carbocycles. The molecular formula is C25H17FN6OS2. The van der Waals surface area contributed by atoms with Crippen LogP contribution in [0.1, 0.15) is 0 Å². The highest BCUT2D eigenvalue weighted by molar-refractivity contribution is 7.99. The predicted octanol–water partition coefficient (Wildman–Crippen LogP) is 5.90. The molecule has 3 aromatic carbocycles. The van der Waals surface area contributed by atoms with Gasteiger partial charge in [-0.1, -0.05) is 53.4 Å². The average molecular weight is 501 g/mol. The van der Waals surface area contributed by atoms with Crippen LogP contribution in [0.4, 0.5) is 9.52 Å². The second-order valence-electron chi connectivity index (χ2n) is 7.69. The fourth-order valence-corrected chi connectivity index (χ4v) is 5.46. The highest BCUT2D eigenvalue weighted by Gasteiger charge is 2.20.